The van der Waals surface area contributed by atoms with Crippen molar-refractivity contribution in [3.8, 4) is 35.1 Å². The molecule has 2 aromatic heterocycles. The van der Waals surface area contributed by atoms with Crippen molar-refractivity contribution in [2.45, 2.75) is 52.9 Å². The second-order valence-electron chi connectivity index (χ2n) is 14.2. The van der Waals surface area contributed by atoms with Gasteiger partial charge in [-0.1, -0.05) is 13.8 Å². The molecule has 0 aliphatic carbocycles. The zero-order valence-electron chi connectivity index (χ0n) is 38.8. The second kappa shape index (κ2) is 29.4. The molecule has 6 aromatic rings. The topological polar surface area (TPSA) is 285 Å². The van der Waals surface area contributed by atoms with Gasteiger partial charge in [-0.2, -0.15) is 32.2 Å². The number of nitro benzene ring substituents is 2. The number of ether oxygens (including phenoxy) is 3. The van der Waals surface area contributed by atoms with Crippen molar-refractivity contribution in [3.05, 3.63) is 193 Å². The number of aryl methyl sites for hydroxylation is 3. The molecule has 24 heteroatoms. The van der Waals surface area contributed by atoms with Gasteiger partial charge in [0, 0.05) is 59.1 Å². The molecular weight excluding hydrogens is 961 g/mol. The molecule has 1 aliphatic heterocycles. The largest absolute Gasteiger partial charge is 1.00 e. The van der Waals surface area contributed by atoms with Crippen LogP contribution in [-0.4, -0.2) is 50.6 Å². The van der Waals surface area contributed by atoms with Crippen LogP contribution >= 0.6 is 0 Å². The summed E-state index contributed by atoms with van der Waals surface area (Å²) in [6, 6.07) is 18.0. The summed E-state index contributed by atoms with van der Waals surface area (Å²) in [4.78, 5) is 49.2. The van der Waals surface area contributed by atoms with E-state index in [0.717, 1.165) is 62.3 Å². The molecule has 1 saturated heterocycles. The second-order valence-corrected chi connectivity index (χ2v) is 14.2. The van der Waals surface area contributed by atoms with Crippen molar-refractivity contribution in [2.75, 3.05) is 20.3 Å². The average molecular weight is 1000 g/mol. The maximum atomic E-state index is 15.4. The smallest absolute Gasteiger partial charge is 0.857 e. The van der Waals surface area contributed by atoms with Crippen LogP contribution in [0.5, 0.6) is 23.0 Å². The predicted molar refractivity (Wildman–Crippen MR) is 243 cm³/mol. The van der Waals surface area contributed by atoms with Gasteiger partial charge in [0.05, 0.1) is 46.5 Å². The number of rotatable bonds is 9. The minimum atomic E-state index is -1.53. The van der Waals surface area contributed by atoms with Crippen molar-refractivity contribution in [1.82, 2.24) is 20.4 Å². The summed E-state index contributed by atoms with van der Waals surface area (Å²) in [7, 11) is 0.750. The van der Waals surface area contributed by atoms with Crippen LogP contribution < -0.4 is 77.1 Å². The molecule has 0 bridgehead atoms. The summed E-state index contributed by atoms with van der Waals surface area (Å²) >= 11 is 0. The summed E-state index contributed by atoms with van der Waals surface area (Å²) in [5.74, 6) is -6.34. The van der Waals surface area contributed by atoms with Gasteiger partial charge in [0.1, 0.15) is 11.5 Å². The number of hydrogen-bond acceptors (Lipinski definition) is 14. The Morgan fingerprint density at radius 2 is 1.23 bits per heavy atom. The third-order valence-corrected chi connectivity index (χ3v) is 9.42. The van der Waals surface area contributed by atoms with Gasteiger partial charge in [0.25, 0.3) is 11.1 Å². The molecule has 0 spiro atoms. The van der Waals surface area contributed by atoms with E-state index >= 15 is 4.39 Å². The summed E-state index contributed by atoms with van der Waals surface area (Å²) in [5.41, 5.74) is 0.805. The van der Waals surface area contributed by atoms with Crippen molar-refractivity contribution in [1.29, 1.82) is 10.5 Å². The summed E-state index contributed by atoms with van der Waals surface area (Å²) in [5, 5.41) is 61.0. The molecule has 2 N–H and O–H groups in total. The number of nitro groups is 2. The van der Waals surface area contributed by atoms with E-state index in [1.807, 2.05) is 13.0 Å². The number of nitrogens with zero attached hydrogens (tertiary/aromatic N) is 8. The van der Waals surface area contributed by atoms with Gasteiger partial charge in [-0.3, -0.25) is 29.8 Å². The van der Waals surface area contributed by atoms with E-state index in [1.165, 1.54) is 49.2 Å². The molecule has 0 radical (unpaired) electrons. The number of nitrogens with one attached hydrogen (secondary N) is 2. The standard InChI is InChI=1S/C21H14FN5O4.C14H5F2N3O3.C7H10N2O.C4H8O.CH3O.K/c1-11-6-17(25-26-21(11)28)12(2)16-4-5-18(27(29)30)20(19(16)22)31-15-8-13(10-23)7-14(9-15)24-3;1-18-9-4-8(7-17)5-10(6-9)22-14-12(19(20)21)3-2-11(15)13(14)16;1-3-6-4-5(2)7(10)9-8-6;1-2-4-5-3-1;1-2;/h4-9,12H,1-2H3,(H,26,28);2-6H;4H,3H2,1-2H3,(H,9,10);1-4H2;1H3;/q;;;;-1;+1. The van der Waals surface area contributed by atoms with Crippen molar-refractivity contribution >= 4 is 22.7 Å². The minimum Gasteiger partial charge on any atom is -0.857 e. The normalized spacial score (nSPS) is 11.1. The number of benzene rings is 4. The van der Waals surface area contributed by atoms with Crippen LogP contribution in [0, 0.1) is 87.3 Å². The van der Waals surface area contributed by atoms with Crippen LogP contribution in [0.4, 0.5) is 35.9 Å². The van der Waals surface area contributed by atoms with E-state index < -0.39 is 56.1 Å². The molecule has 20 nitrogen and oxygen atoms in total. The molecular formula is C47H40F3KN10O10. The van der Waals surface area contributed by atoms with E-state index in [9.17, 15) is 38.6 Å². The Morgan fingerprint density at radius 1 is 0.761 bits per heavy atom. The number of nitriles is 2. The number of halogens is 3. The number of aromatic nitrogens is 4. The quantitative estimate of drug-likeness (QED) is 0.0728. The van der Waals surface area contributed by atoms with Crippen molar-refractivity contribution in [3.63, 3.8) is 0 Å². The Morgan fingerprint density at radius 3 is 1.63 bits per heavy atom. The molecule has 4 aromatic carbocycles. The predicted octanol–water partition coefficient (Wildman–Crippen LogP) is 6.00. The Hall–Kier alpha value is -7.65. The fourth-order valence-electron chi connectivity index (χ4n) is 5.83. The Labute approximate surface area is 445 Å². The van der Waals surface area contributed by atoms with Gasteiger partial charge in [0.2, 0.25) is 17.3 Å². The fraction of sp³-hybridized carbons (Fsp3) is 0.234. The SMILES string of the molecule is C1CCOC1.CCc1cc(C)c(=O)[nH]n1.C[O-].[C-]#[N+]c1cc(C#N)cc(Oc2c([N+](=O)[O-])ccc(C(C)c3cc(C)c(=O)[nH]n3)c2F)c1.[C-]#[N+]c1cc(C#N)cc(Oc2c([N+](=O)[O-])ccc(F)c2F)c1.[K+]. The first kappa shape index (κ1) is 59.5. The monoisotopic (exact) mass is 1000 g/mol. The Balaban J connectivity index is 0.000000372. The molecule has 7 rings (SSSR count). The minimum absolute atomic E-state index is 0. The van der Waals surface area contributed by atoms with E-state index in [0.29, 0.717) is 17.3 Å². The van der Waals surface area contributed by atoms with Crippen molar-refractivity contribution in [2.24, 2.45) is 0 Å². The van der Waals surface area contributed by atoms with Gasteiger partial charge >= 0.3 is 62.8 Å². The first-order chi connectivity index (χ1) is 33.4. The van der Waals surface area contributed by atoms with E-state index in [1.54, 1.807) is 32.9 Å². The molecule has 1 unspecified atom stereocenters. The maximum absolute atomic E-state index is 15.4. The van der Waals surface area contributed by atoms with Crippen LogP contribution in [0.25, 0.3) is 9.69 Å². The molecule has 3 heterocycles. The third kappa shape index (κ3) is 17.1. The van der Waals surface area contributed by atoms with E-state index in [-0.39, 0.29) is 102 Å². The van der Waals surface area contributed by atoms with Crippen LogP contribution in [0.15, 0.2) is 82.4 Å². The van der Waals surface area contributed by atoms with E-state index in [2.05, 4.69) is 30.1 Å². The number of hydrogen-bond donors (Lipinski definition) is 2. The van der Waals surface area contributed by atoms with Gasteiger partial charge < -0.3 is 19.3 Å². The van der Waals surface area contributed by atoms with Gasteiger partial charge in [-0.05, 0) is 93.8 Å². The summed E-state index contributed by atoms with van der Waals surface area (Å²) < 4.78 is 57.8. The van der Waals surface area contributed by atoms with E-state index in [4.69, 9.17) is 43.0 Å². The average Bonchev–Trinajstić information content (AvgIpc) is 3.96. The molecule has 0 amide bonds. The van der Waals surface area contributed by atoms with Crippen LogP contribution in [0.3, 0.4) is 0 Å². The molecule has 1 atom stereocenters. The first-order valence-corrected chi connectivity index (χ1v) is 20.3. The van der Waals surface area contributed by atoms with Crippen LogP contribution in [-0.2, 0) is 11.2 Å². The molecule has 1 aliphatic rings. The Kier molecular flexibility index (Phi) is 24.6. The number of H-pyrrole nitrogens is 2. The molecule has 71 heavy (non-hydrogen) atoms. The maximum Gasteiger partial charge on any atom is 1.00 e. The number of aromatic amines is 2. The summed E-state index contributed by atoms with van der Waals surface area (Å²) in [6.45, 7) is 23.0. The Bertz CT molecular complexity index is 3090. The fourth-order valence-corrected chi connectivity index (χ4v) is 5.83. The van der Waals surface area contributed by atoms with Gasteiger partial charge in [-0.25, -0.2) is 28.7 Å². The third-order valence-electron chi connectivity index (χ3n) is 9.42. The zero-order valence-corrected chi connectivity index (χ0v) is 42.0. The van der Waals surface area contributed by atoms with Gasteiger partial charge in [-0.15, -0.1) is 0 Å². The first-order valence-electron chi connectivity index (χ1n) is 20.3. The molecule has 0 saturated carbocycles. The zero-order chi connectivity index (χ0) is 52.1. The van der Waals surface area contributed by atoms with Gasteiger partial charge in [0.15, 0.2) is 23.0 Å². The molecule has 360 valence electrons. The van der Waals surface area contributed by atoms with Crippen LogP contribution in [0.1, 0.15) is 71.8 Å². The summed E-state index contributed by atoms with van der Waals surface area (Å²) in [6.07, 6.45) is 3.41. The van der Waals surface area contributed by atoms with Crippen molar-refractivity contribution < 1.29 is 93.7 Å². The van der Waals surface area contributed by atoms with Crippen LogP contribution in [0.2, 0.25) is 0 Å². The molecule has 1 fully saturated rings.